The van der Waals surface area contributed by atoms with Crippen LogP contribution >= 0.6 is 0 Å². The van der Waals surface area contributed by atoms with E-state index in [4.69, 9.17) is 5.11 Å². The number of aliphatic hydroxyl groups is 1. The number of hydrogen-bond donors (Lipinski definition) is 3. The third kappa shape index (κ3) is 10.3. The van der Waals surface area contributed by atoms with E-state index in [0.717, 1.165) is 19.4 Å². The second-order valence-electron chi connectivity index (χ2n) is 5.42. The highest BCUT2D eigenvalue weighted by Gasteiger charge is 2.10. The number of hydrogen-bond acceptors (Lipinski definition) is 3. The Labute approximate surface area is 105 Å². The van der Waals surface area contributed by atoms with Crippen molar-refractivity contribution in [2.45, 2.75) is 46.6 Å². The molecule has 0 aromatic heterocycles. The van der Waals surface area contributed by atoms with Crippen LogP contribution in [0.25, 0.3) is 0 Å². The van der Waals surface area contributed by atoms with Crippen molar-refractivity contribution >= 4 is 5.91 Å². The predicted molar refractivity (Wildman–Crippen MR) is 70.8 cm³/mol. The number of aliphatic hydroxyl groups excluding tert-OH is 1. The van der Waals surface area contributed by atoms with Crippen LogP contribution < -0.4 is 10.6 Å². The van der Waals surface area contributed by atoms with Gasteiger partial charge in [-0.3, -0.25) is 4.79 Å². The predicted octanol–water partition coefficient (Wildman–Crippen LogP) is 1.15. The van der Waals surface area contributed by atoms with Gasteiger partial charge in [-0.2, -0.15) is 0 Å². The van der Waals surface area contributed by atoms with Crippen LogP contribution in [0.2, 0.25) is 0 Å². The highest BCUT2D eigenvalue weighted by atomic mass is 16.3. The molecule has 0 fully saturated rings. The van der Waals surface area contributed by atoms with Crippen molar-refractivity contribution in [1.29, 1.82) is 0 Å². The summed E-state index contributed by atoms with van der Waals surface area (Å²) in [5.41, 5.74) is 0. The van der Waals surface area contributed by atoms with Crippen molar-refractivity contribution in [1.82, 2.24) is 10.6 Å². The second kappa shape index (κ2) is 9.42. The molecule has 4 heteroatoms. The molecule has 0 rings (SSSR count). The summed E-state index contributed by atoms with van der Waals surface area (Å²) in [6.07, 6.45) is 1.89. The van der Waals surface area contributed by atoms with E-state index in [0.29, 0.717) is 11.8 Å². The average molecular weight is 244 g/mol. The molecule has 4 nitrogen and oxygen atoms in total. The van der Waals surface area contributed by atoms with Gasteiger partial charge in [-0.1, -0.05) is 27.7 Å². The Morgan fingerprint density at radius 2 is 1.82 bits per heavy atom. The van der Waals surface area contributed by atoms with Crippen LogP contribution in [0, 0.1) is 11.8 Å². The van der Waals surface area contributed by atoms with Gasteiger partial charge < -0.3 is 15.7 Å². The lowest BCUT2D eigenvalue weighted by atomic mass is 10.0. The molecule has 102 valence electrons. The van der Waals surface area contributed by atoms with Crippen molar-refractivity contribution in [3.8, 4) is 0 Å². The molecule has 0 aliphatic carbocycles. The van der Waals surface area contributed by atoms with Crippen molar-refractivity contribution in [3.63, 3.8) is 0 Å². The third-order valence-corrected chi connectivity index (χ3v) is 2.57. The minimum Gasteiger partial charge on any atom is -0.395 e. The van der Waals surface area contributed by atoms with Crippen LogP contribution in [0.15, 0.2) is 0 Å². The zero-order valence-corrected chi connectivity index (χ0v) is 11.6. The number of nitrogens with one attached hydrogen (secondary N) is 2. The summed E-state index contributed by atoms with van der Waals surface area (Å²) < 4.78 is 0. The quantitative estimate of drug-likeness (QED) is 0.570. The fraction of sp³-hybridized carbons (Fsp3) is 0.923. The summed E-state index contributed by atoms with van der Waals surface area (Å²) in [7, 11) is 0. The zero-order chi connectivity index (χ0) is 13.3. The van der Waals surface area contributed by atoms with E-state index >= 15 is 0 Å². The Bertz CT molecular complexity index is 206. The minimum atomic E-state index is 0.00727. The van der Waals surface area contributed by atoms with Crippen molar-refractivity contribution in [2.75, 3.05) is 19.7 Å². The van der Waals surface area contributed by atoms with E-state index in [-0.39, 0.29) is 25.1 Å². The van der Waals surface area contributed by atoms with Crippen LogP contribution in [0.3, 0.4) is 0 Å². The standard InChI is InChI=1S/C13H28N2O2/c1-10(2)5-6-14-13(17)8-15-12(9-16)7-11(3)4/h10-12,15-16H,5-9H2,1-4H3,(H,14,17). The van der Waals surface area contributed by atoms with Gasteiger partial charge in [0.1, 0.15) is 0 Å². The fourth-order valence-electron chi connectivity index (χ4n) is 1.59. The summed E-state index contributed by atoms with van der Waals surface area (Å²) in [5, 5.41) is 15.1. The topological polar surface area (TPSA) is 61.4 Å². The van der Waals surface area contributed by atoms with Crippen molar-refractivity contribution in [3.05, 3.63) is 0 Å². The molecule has 0 heterocycles. The molecule has 1 unspecified atom stereocenters. The second-order valence-corrected chi connectivity index (χ2v) is 5.42. The van der Waals surface area contributed by atoms with E-state index in [1.165, 1.54) is 0 Å². The maximum atomic E-state index is 11.5. The van der Waals surface area contributed by atoms with E-state index in [1.54, 1.807) is 0 Å². The number of amides is 1. The summed E-state index contributed by atoms with van der Waals surface area (Å²) in [5.74, 6) is 1.13. The lowest BCUT2D eigenvalue weighted by Gasteiger charge is -2.18. The van der Waals surface area contributed by atoms with Crippen LogP contribution in [0.5, 0.6) is 0 Å². The molecular formula is C13H28N2O2. The van der Waals surface area contributed by atoms with Gasteiger partial charge in [0.05, 0.1) is 13.2 Å². The van der Waals surface area contributed by atoms with Gasteiger partial charge in [-0.05, 0) is 24.7 Å². The third-order valence-electron chi connectivity index (χ3n) is 2.57. The first kappa shape index (κ1) is 16.4. The normalized spacial score (nSPS) is 13.1. The molecule has 0 radical (unpaired) electrons. The lowest BCUT2D eigenvalue weighted by molar-refractivity contribution is -0.120. The average Bonchev–Trinajstić information content (AvgIpc) is 2.23. The molecule has 0 saturated carbocycles. The number of carbonyl (C=O) groups excluding carboxylic acids is 1. The van der Waals surface area contributed by atoms with E-state index in [1.807, 2.05) is 0 Å². The highest BCUT2D eigenvalue weighted by Crippen LogP contribution is 2.03. The molecule has 0 bridgehead atoms. The van der Waals surface area contributed by atoms with Gasteiger partial charge in [0, 0.05) is 12.6 Å². The molecule has 3 N–H and O–H groups in total. The Morgan fingerprint density at radius 1 is 1.18 bits per heavy atom. The molecule has 0 saturated heterocycles. The Morgan fingerprint density at radius 3 is 2.29 bits per heavy atom. The summed E-state index contributed by atoms with van der Waals surface area (Å²) >= 11 is 0. The fourth-order valence-corrected chi connectivity index (χ4v) is 1.59. The molecule has 0 spiro atoms. The molecule has 1 amide bonds. The number of carbonyl (C=O) groups is 1. The molecule has 0 aliphatic heterocycles. The first-order chi connectivity index (χ1) is 7.95. The van der Waals surface area contributed by atoms with E-state index < -0.39 is 0 Å². The maximum Gasteiger partial charge on any atom is 0.233 e. The van der Waals surface area contributed by atoms with Crippen LogP contribution in [-0.4, -0.2) is 36.8 Å². The van der Waals surface area contributed by atoms with E-state index in [2.05, 4.69) is 38.3 Å². The summed E-state index contributed by atoms with van der Waals surface area (Å²) in [6, 6.07) is 0.0193. The van der Waals surface area contributed by atoms with Crippen LogP contribution in [0.1, 0.15) is 40.5 Å². The first-order valence-corrected chi connectivity index (χ1v) is 6.56. The minimum absolute atomic E-state index is 0.00727. The van der Waals surface area contributed by atoms with Crippen LogP contribution in [0.4, 0.5) is 0 Å². The van der Waals surface area contributed by atoms with Crippen molar-refractivity contribution in [2.24, 2.45) is 11.8 Å². The summed E-state index contributed by atoms with van der Waals surface area (Å²) in [6.45, 7) is 9.57. The van der Waals surface area contributed by atoms with Gasteiger partial charge in [-0.15, -0.1) is 0 Å². The molecular weight excluding hydrogens is 216 g/mol. The molecule has 17 heavy (non-hydrogen) atoms. The smallest absolute Gasteiger partial charge is 0.233 e. The van der Waals surface area contributed by atoms with Crippen LogP contribution in [-0.2, 0) is 4.79 Å². The highest BCUT2D eigenvalue weighted by molar-refractivity contribution is 5.77. The van der Waals surface area contributed by atoms with Gasteiger partial charge >= 0.3 is 0 Å². The Balaban J connectivity index is 3.66. The van der Waals surface area contributed by atoms with Gasteiger partial charge in [0.15, 0.2) is 0 Å². The van der Waals surface area contributed by atoms with E-state index in [9.17, 15) is 4.79 Å². The lowest BCUT2D eigenvalue weighted by Crippen LogP contribution is -2.41. The molecule has 0 aromatic rings. The SMILES string of the molecule is CC(C)CCNC(=O)CNC(CO)CC(C)C. The first-order valence-electron chi connectivity index (χ1n) is 6.56. The molecule has 0 aromatic carbocycles. The Hall–Kier alpha value is -0.610. The maximum absolute atomic E-state index is 11.5. The Kier molecular flexibility index (Phi) is 9.09. The monoisotopic (exact) mass is 244 g/mol. The zero-order valence-electron chi connectivity index (χ0n) is 11.6. The van der Waals surface area contributed by atoms with Gasteiger partial charge in [0.25, 0.3) is 0 Å². The summed E-state index contributed by atoms with van der Waals surface area (Å²) in [4.78, 5) is 11.5. The van der Waals surface area contributed by atoms with Crippen molar-refractivity contribution < 1.29 is 9.90 Å². The number of rotatable bonds is 9. The largest absolute Gasteiger partial charge is 0.395 e. The molecule has 0 aliphatic rings. The van der Waals surface area contributed by atoms with Gasteiger partial charge in [0.2, 0.25) is 5.91 Å². The molecule has 1 atom stereocenters. The van der Waals surface area contributed by atoms with Gasteiger partial charge in [-0.25, -0.2) is 0 Å².